The van der Waals surface area contributed by atoms with Crippen LogP contribution in [0.1, 0.15) is 84.0 Å². The number of hydrogen-bond acceptors (Lipinski definition) is 4. The highest BCUT2D eigenvalue weighted by Gasteiger charge is 2.75. The molecule has 1 spiro atoms. The van der Waals surface area contributed by atoms with Gasteiger partial charge < -0.3 is 19.6 Å². The molecule has 196 valence electrons. The van der Waals surface area contributed by atoms with Gasteiger partial charge in [-0.05, 0) is 74.8 Å². The first kappa shape index (κ1) is 23.9. The molecule has 1 aromatic carbocycles. The number of aromatic amines is 1. The van der Waals surface area contributed by atoms with E-state index in [-0.39, 0.29) is 16.6 Å². The van der Waals surface area contributed by atoms with Crippen molar-refractivity contribution in [2.75, 3.05) is 0 Å². The molecular weight excluding hydrogens is 462 g/mol. The number of aliphatic hydroxyl groups is 1. The van der Waals surface area contributed by atoms with Crippen molar-refractivity contribution in [3.8, 4) is 0 Å². The van der Waals surface area contributed by atoms with Crippen molar-refractivity contribution in [1.29, 1.82) is 0 Å². The van der Waals surface area contributed by atoms with Crippen LogP contribution in [0.3, 0.4) is 0 Å². The predicted molar refractivity (Wildman–Crippen MR) is 143 cm³/mol. The summed E-state index contributed by atoms with van der Waals surface area (Å²) in [5.74, 6) is -0.678. The van der Waals surface area contributed by atoms with E-state index >= 15 is 0 Å². The third-order valence-electron chi connectivity index (χ3n) is 11.6. The lowest BCUT2D eigenvalue weighted by Gasteiger charge is -2.65. The summed E-state index contributed by atoms with van der Waals surface area (Å²) >= 11 is 0. The second-order valence-electron chi connectivity index (χ2n) is 13.9. The number of carbonyl (C=O) groups is 1. The Labute approximate surface area is 219 Å². The lowest BCUT2D eigenvalue weighted by Crippen LogP contribution is -2.69. The van der Waals surface area contributed by atoms with Gasteiger partial charge in [-0.3, -0.25) is 4.79 Å². The number of nitrogens with one attached hydrogen (secondary N) is 1. The van der Waals surface area contributed by atoms with Crippen molar-refractivity contribution in [3.05, 3.63) is 59.3 Å². The van der Waals surface area contributed by atoms with Crippen molar-refractivity contribution in [1.82, 2.24) is 4.98 Å². The number of ether oxygens (including phenoxy) is 2. The fourth-order valence-corrected chi connectivity index (χ4v) is 8.96. The number of benzene rings is 1. The van der Waals surface area contributed by atoms with Gasteiger partial charge in [-0.1, -0.05) is 39.8 Å². The van der Waals surface area contributed by atoms with Crippen LogP contribution >= 0.6 is 0 Å². The predicted octanol–water partition coefficient (Wildman–Crippen LogP) is 5.79. The number of carbonyl (C=O) groups excluding carboxylic acids is 1. The molecule has 2 aromatic rings. The van der Waals surface area contributed by atoms with E-state index in [1.54, 1.807) is 6.08 Å². The van der Waals surface area contributed by atoms with E-state index in [0.717, 1.165) is 24.8 Å². The third kappa shape index (κ3) is 2.55. The van der Waals surface area contributed by atoms with E-state index < -0.39 is 28.5 Å². The maximum atomic E-state index is 13.2. The number of aromatic nitrogens is 1. The highest BCUT2D eigenvalue weighted by Crippen LogP contribution is 2.71. The van der Waals surface area contributed by atoms with Crippen LogP contribution in [0.2, 0.25) is 0 Å². The average molecular weight is 502 g/mol. The van der Waals surface area contributed by atoms with Crippen LogP contribution in [-0.4, -0.2) is 39.0 Å². The summed E-state index contributed by atoms with van der Waals surface area (Å²) in [6.07, 6.45) is 6.99. The summed E-state index contributed by atoms with van der Waals surface area (Å²) in [6.45, 7) is 16.9. The molecule has 1 aromatic heterocycles. The fraction of sp³-hybridized carbons (Fsp3) is 0.594. The fourth-order valence-electron chi connectivity index (χ4n) is 8.96. The quantitative estimate of drug-likeness (QED) is 0.511. The van der Waals surface area contributed by atoms with Gasteiger partial charge in [-0.2, -0.15) is 0 Å². The first-order chi connectivity index (χ1) is 17.2. The minimum absolute atomic E-state index is 0.0897. The largest absolute Gasteiger partial charge is 0.385 e. The molecule has 2 saturated carbocycles. The summed E-state index contributed by atoms with van der Waals surface area (Å²) in [7, 11) is 0. The average Bonchev–Trinajstić information content (AvgIpc) is 3.43. The first-order valence-electron chi connectivity index (χ1n) is 13.9. The molecule has 7 rings (SSSR count). The Hall–Kier alpha value is -2.21. The van der Waals surface area contributed by atoms with Gasteiger partial charge in [0.05, 0.1) is 5.60 Å². The van der Waals surface area contributed by atoms with Crippen molar-refractivity contribution in [3.63, 3.8) is 0 Å². The van der Waals surface area contributed by atoms with Crippen molar-refractivity contribution in [2.45, 2.75) is 108 Å². The van der Waals surface area contributed by atoms with Crippen LogP contribution in [0.5, 0.6) is 0 Å². The molecule has 5 nitrogen and oxygen atoms in total. The van der Waals surface area contributed by atoms with E-state index in [2.05, 4.69) is 57.5 Å². The Balaban J connectivity index is 1.39. The van der Waals surface area contributed by atoms with Crippen molar-refractivity contribution in [2.24, 2.45) is 11.3 Å². The Kier molecular flexibility index (Phi) is 4.31. The summed E-state index contributed by atoms with van der Waals surface area (Å²) in [4.78, 5) is 17.0. The molecule has 2 bridgehead atoms. The van der Waals surface area contributed by atoms with Gasteiger partial charge in [0.2, 0.25) is 0 Å². The Morgan fingerprint density at radius 2 is 1.92 bits per heavy atom. The molecule has 1 saturated heterocycles. The Morgan fingerprint density at radius 1 is 1.16 bits per heavy atom. The van der Waals surface area contributed by atoms with E-state index in [1.165, 1.54) is 22.2 Å². The van der Waals surface area contributed by atoms with Gasteiger partial charge in [0.15, 0.2) is 17.7 Å². The molecule has 3 heterocycles. The highest BCUT2D eigenvalue weighted by atomic mass is 16.8. The monoisotopic (exact) mass is 501 g/mol. The molecule has 6 atom stereocenters. The van der Waals surface area contributed by atoms with Crippen LogP contribution in [-0.2, 0) is 31.5 Å². The maximum absolute atomic E-state index is 13.2. The van der Waals surface area contributed by atoms with Crippen LogP contribution in [0.15, 0.2) is 42.5 Å². The SMILES string of the molecule is C=CC(C)(C)c1ccc2[nH]c3c(c2c1)C[C@@H]1CC[C@@]2(O)C4=CC(=O)[C@H]5O[C@@]4(CC[C@]2(C)[C@@]31C)OC5(C)C. The van der Waals surface area contributed by atoms with Gasteiger partial charge in [-0.25, -0.2) is 0 Å². The number of H-pyrrole nitrogens is 1. The lowest BCUT2D eigenvalue weighted by atomic mass is 9.42. The van der Waals surface area contributed by atoms with E-state index in [1.807, 2.05) is 19.9 Å². The topological polar surface area (TPSA) is 71.5 Å². The number of rotatable bonds is 2. The van der Waals surface area contributed by atoms with Crippen molar-refractivity contribution < 1.29 is 19.4 Å². The summed E-state index contributed by atoms with van der Waals surface area (Å²) in [5.41, 5.74) is 2.94. The lowest BCUT2D eigenvalue weighted by molar-refractivity contribution is -0.247. The normalized spacial score (nSPS) is 41.6. The Bertz CT molecular complexity index is 1430. The molecule has 0 radical (unpaired) electrons. The minimum atomic E-state index is -1.19. The third-order valence-corrected chi connectivity index (χ3v) is 11.6. The number of allylic oxidation sites excluding steroid dienone is 1. The van der Waals surface area contributed by atoms with Crippen LogP contribution in [0.25, 0.3) is 10.9 Å². The number of hydrogen-bond donors (Lipinski definition) is 2. The highest BCUT2D eigenvalue weighted by molar-refractivity contribution is 5.97. The summed E-state index contributed by atoms with van der Waals surface area (Å²) < 4.78 is 12.9. The maximum Gasteiger partial charge on any atom is 0.195 e. The molecule has 2 aliphatic heterocycles. The minimum Gasteiger partial charge on any atom is -0.385 e. The zero-order valence-corrected chi connectivity index (χ0v) is 23.0. The second kappa shape index (κ2) is 6.67. The van der Waals surface area contributed by atoms with E-state index in [4.69, 9.17) is 9.47 Å². The molecule has 37 heavy (non-hydrogen) atoms. The molecule has 5 aliphatic rings. The van der Waals surface area contributed by atoms with Gasteiger partial charge in [0.25, 0.3) is 0 Å². The zero-order chi connectivity index (χ0) is 26.4. The molecule has 3 aliphatic carbocycles. The van der Waals surface area contributed by atoms with Gasteiger partial charge in [0, 0.05) is 44.8 Å². The molecule has 0 amide bonds. The van der Waals surface area contributed by atoms with Gasteiger partial charge >= 0.3 is 0 Å². The first-order valence-corrected chi connectivity index (χ1v) is 13.9. The molecule has 3 fully saturated rings. The smallest absolute Gasteiger partial charge is 0.195 e. The summed E-state index contributed by atoms with van der Waals surface area (Å²) in [5, 5.41) is 14.0. The zero-order valence-electron chi connectivity index (χ0n) is 23.0. The van der Waals surface area contributed by atoms with E-state index in [9.17, 15) is 9.90 Å². The van der Waals surface area contributed by atoms with Crippen LogP contribution < -0.4 is 0 Å². The molecular formula is C32H39NO4. The van der Waals surface area contributed by atoms with Gasteiger partial charge in [-0.15, -0.1) is 6.58 Å². The van der Waals surface area contributed by atoms with Crippen LogP contribution in [0.4, 0.5) is 0 Å². The van der Waals surface area contributed by atoms with Gasteiger partial charge in [0.1, 0.15) is 5.60 Å². The molecule has 0 unspecified atom stereocenters. The molecule has 2 N–H and O–H groups in total. The van der Waals surface area contributed by atoms with Crippen molar-refractivity contribution >= 4 is 16.7 Å². The second-order valence-corrected chi connectivity index (χ2v) is 13.9. The number of ketones is 1. The standard InChI is InChI=1S/C32H39NO4/c1-8-27(2,3)18-9-10-22-20(15-18)21-16-19-11-12-31(35)24-17-23(34)26-28(4,5)37-32(24,36-26)14-13-29(31,6)30(19,7)25(21)33-22/h8-10,15,17,19,26,33,35H,1,11-14,16H2,2-7H3/t19-,26+,29+,30+,31+,32-/m0/s1. The molecule has 5 heteroatoms. The number of fused-ring (bicyclic) bond motifs is 9. The summed E-state index contributed by atoms with van der Waals surface area (Å²) in [6, 6.07) is 6.73. The van der Waals surface area contributed by atoms with Crippen LogP contribution in [0, 0.1) is 11.3 Å². The van der Waals surface area contributed by atoms with E-state index in [0.29, 0.717) is 24.3 Å². The Morgan fingerprint density at radius 3 is 2.65 bits per heavy atom.